The van der Waals surface area contributed by atoms with E-state index in [0.717, 1.165) is 6.42 Å². The Morgan fingerprint density at radius 3 is 1.77 bits per heavy atom. The van der Waals surface area contributed by atoms with Crippen molar-refractivity contribution in [3.8, 4) is 11.1 Å². The molecule has 1 spiro atoms. The van der Waals surface area contributed by atoms with E-state index < -0.39 is 0 Å². The lowest BCUT2D eigenvalue weighted by Gasteiger charge is -2.31. The van der Waals surface area contributed by atoms with Gasteiger partial charge in [0.05, 0.1) is 5.41 Å². The van der Waals surface area contributed by atoms with Crippen molar-refractivity contribution in [1.29, 1.82) is 0 Å². The zero-order valence-corrected chi connectivity index (χ0v) is 14.4. The Kier molecular flexibility index (Phi) is 2.69. The molecule has 0 bridgehead atoms. The monoisotopic (exact) mass is 330 g/mol. The molecule has 0 heterocycles. The molecule has 0 heteroatoms. The topological polar surface area (TPSA) is 0 Å². The molecule has 0 aliphatic heterocycles. The molecule has 3 aromatic carbocycles. The van der Waals surface area contributed by atoms with Crippen molar-refractivity contribution in [3.05, 3.63) is 125 Å². The van der Waals surface area contributed by atoms with Gasteiger partial charge in [-0.3, -0.25) is 0 Å². The maximum atomic E-state index is 2.34. The van der Waals surface area contributed by atoms with Gasteiger partial charge >= 0.3 is 0 Å². The fourth-order valence-electron chi connectivity index (χ4n) is 5.27. The Hall–Kier alpha value is -3.12. The van der Waals surface area contributed by atoms with Crippen LogP contribution in [0.2, 0.25) is 0 Å². The summed E-state index contributed by atoms with van der Waals surface area (Å²) in [7, 11) is 0. The van der Waals surface area contributed by atoms with Crippen LogP contribution in [0.25, 0.3) is 16.7 Å². The van der Waals surface area contributed by atoms with Crippen LogP contribution in [-0.2, 0) is 5.41 Å². The lowest BCUT2D eigenvalue weighted by Crippen LogP contribution is -2.26. The van der Waals surface area contributed by atoms with Crippen LogP contribution in [0.1, 0.15) is 28.7 Å². The van der Waals surface area contributed by atoms with Crippen molar-refractivity contribution < 1.29 is 0 Å². The molecule has 3 aromatic rings. The van der Waals surface area contributed by atoms with Crippen molar-refractivity contribution in [2.24, 2.45) is 0 Å². The first-order chi connectivity index (χ1) is 12.9. The van der Waals surface area contributed by atoms with Gasteiger partial charge in [0.15, 0.2) is 0 Å². The molecular formula is C26H18. The number of benzene rings is 3. The van der Waals surface area contributed by atoms with Crippen LogP contribution >= 0.6 is 0 Å². The summed E-state index contributed by atoms with van der Waals surface area (Å²) in [6.07, 6.45) is 10.0. The van der Waals surface area contributed by atoms with Crippen molar-refractivity contribution in [1.82, 2.24) is 0 Å². The van der Waals surface area contributed by atoms with E-state index in [9.17, 15) is 0 Å². The van der Waals surface area contributed by atoms with Crippen molar-refractivity contribution in [2.75, 3.05) is 0 Å². The minimum absolute atomic E-state index is 0.179. The summed E-state index contributed by atoms with van der Waals surface area (Å²) in [5, 5.41) is 0. The predicted octanol–water partition coefficient (Wildman–Crippen LogP) is 6.28. The molecule has 122 valence electrons. The standard InChI is InChI=1S/C26H18/c1-2-10-18-19-11-4-7-15-23(19)26(22(18)14-3-1)24-16-8-5-12-20(24)21-13-6-9-17-25(21)26/h1-9,11-17H,10H2. The lowest BCUT2D eigenvalue weighted by molar-refractivity contribution is 0.786. The van der Waals surface area contributed by atoms with Crippen LogP contribution in [-0.4, -0.2) is 0 Å². The molecule has 6 rings (SSSR count). The van der Waals surface area contributed by atoms with Crippen LogP contribution in [0.15, 0.2) is 103 Å². The summed E-state index contributed by atoms with van der Waals surface area (Å²) >= 11 is 0. The maximum absolute atomic E-state index is 2.34. The van der Waals surface area contributed by atoms with E-state index in [4.69, 9.17) is 0 Å². The van der Waals surface area contributed by atoms with E-state index in [0.29, 0.717) is 0 Å². The third-order valence-corrected chi connectivity index (χ3v) is 6.17. The first-order valence-electron chi connectivity index (χ1n) is 9.28. The highest BCUT2D eigenvalue weighted by Gasteiger charge is 2.51. The Morgan fingerprint density at radius 2 is 1.12 bits per heavy atom. The number of rotatable bonds is 0. The van der Waals surface area contributed by atoms with E-state index in [-0.39, 0.29) is 5.41 Å². The average Bonchev–Trinajstić information content (AvgIpc) is 3.00. The van der Waals surface area contributed by atoms with Gasteiger partial charge in [0, 0.05) is 0 Å². The summed E-state index contributed by atoms with van der Waals surface area (Å²) in [5.41, 5.74) is 11.2. The van der Waals surface area contributed by atoms with Gasteiger partial charge in [0.25, 0.3) is 0 Å². The van der Waals surface area contributed by atoms with E-state index in [1.54, 1.807) is 0 Å². The summed E-state index contributed by atoms with van der Waals surface area (Å²) < 4.78 is 0. The van der Waals surface area contributed by atoms with Crippen molar-refractivity contribution in [3.63, 3.8) is 0 Å². The first kappa shape index (κ1) is 14.1. The second-order valence-electron chi connectivity index (χ2n) is 7.27. The smallest absolute Gasteiger partial charge is 0.0722 e. The van der Waals surface area contributed by atoms with Gasteiger partial charge in [-0.15, -0.1) is 0 Å². The molecular weight excluding hydrogens is 312 g/mol. The van der Waals surface area contributed by atoms with Gasteiger partial charge in [0.2, 0.25) is 0 Å². The second-order valence-corrected chi connectivity index (χ2v) is 7.27. The Morgan fingerprint density at radius 1 is 0.577 bits per heavy atom. The highest BCUT2D eigenvalue weighted by atomic mass is 14.5. The van der Waals surface area contributed by atoms with Gasteiger partial charge in [-0.25, -0.2) is 0 Å². The van der Waals surface area contributed by atoms with Crippen LogP contribution in [0.3, 0.4) is 0 Å². The van der Waals surface area contributed by atoms with Crippen LogP contribution in [0.5, 0.6) is 0 Å². The van der Waals surface area contributed by atoms with E-state index >= 15 is 0 Å². The minimum atomic E-state index is -0.179. The Labute approximate surface area is 153 Å². The number of fused-ring (bicyclic) bond motifs is 9. The largest absolute Gasteiger partial charge is 0.0801 e. The van der Waals surface area contributed by atoms with Gasteiger partial charge in [-0.2, -0.15) is 0 Å². The molecule has 0 radical (unpaired) electrons. The molecule has 0 saturated heterocycles. The minimum Gasteiger partial charge on any atom is -0.0801 e. The van der Waals surface area contributed by atoms with Gasteiger partial charge < -0.3 is 0 Å². The first-order valence-corrected chi connectivity index (χ1v) is 9.28. The van der Waals surface area contributed by atoms with Gasteiger partial charge in [-0.1, -0.05) is 97.1 Å². The molecule has 0 saturated carbocycles. The molecule has 26 heavy (non-hydrogen) atoms. The van der Waals surface area contributed by atoms with E-state index in [1.807, 2.05) is 0 Å². The molecule has 0 nitrogen and oxygen atoms in total. The van der Waals surface area contributed by atoms with Crippen molar-refractivity contribution in [2.45, 2.75) is 11.8 Å². The molecule has 0 unspecified atom stereocenters. The number of hydrogen-bond donors (Lipinski definition) is 0. The SMILES string of the molecule is C1=CCC2=C(C=C1)C1(c3ccccc32)c2ccccc2-c2ccccc21. The summed E-state index contributed by atoms with van der Waals surface area (Å²) in [6.45, 7) is 0. The average molecular weight is 330 g/mol. The normalized spacial score (nSPS) is 17.7. The highest BCUT2D eigenvalue weighted by Crippen LogP contribution is 2.62. The quantitative estimate of drug-likeness (QED) is 0.455. The van der Waals surface area contributed by atoms with E-state index in [2.05, 4.69) is 97.1 Å². The van der Waals surface area contributed by atoms with Crippen LogP contribution in [0.4, 0.5) is 0 Å². The molecule has 0 atom stereocenters. The molecule has 3 aliphatic rings. The van der Waals surface area contributed by atoms with Crippen LogP contribution in [0, 0.1) is 0 Å². The summed E-state index contributed by atoms with van der Waals surface area (Å²) in [4.78, 5) is 0. The zero-order valence-electron chi connectivity index (χ0n) is 14.4. The Balaban J connectivity index is 1.84. The number of hydrogen-bond acceptors (Lipinski definition) is 0. The van der Waals surface area contributed by atoms with Gasteiger partial charge in [0.1, 0.15) is 0 Å². The third kappa shape index (κ3) is 1.51. The van der Waals surface area contributed by atoms with Crippen LogP contribution < -0.4 is 0 Å². The molecule has 3 aliphatic carbocycles. The fraction of sp³-hybridized carbons (Fsp3) is 0.0769. The summed E-state index contributed by atoms with van der Waals surface area (Å²) in [5.74, 6) is 0. The van der Waals surface area contributed by atoms with E-state index in [1.165, 1.54) is 44.5 Å². The zero-order chi connectivity index (χ0) is 17.1. The predicted molar refractivity (Wildman–Crippen MR) is 108 cm³/mol. The fourth-order valence-corrected chi connectivity index (χ4v) is 5.27. The molecule has 0 fully saturated rings. The second kappa shape index (κ2) is 4.95. The highest BCUT2D eigenvalue weighted by molar-refractivity contribution is 5.95. The Bertz CT molecular complexity index is 1110. The maximum Gasteiger partial charge on any atom is 0.0722 e. The number of allylic oxidation sites excluding steroid dienone is 6. The molecule has 0 N–H and O–H groups in total. The third-order valence-electron chi connectivity index (χ3n) is 6.17. The summed E-state index contributed by atoms with van der Waals surface area (Å²) in [6, 6.07) is 26.9. The van der Waals surface area contributed by atoms with Gasteiger partial charge in [-0.05, 0) is 50.9 Å². The molecule has 0 aromatic heterocycles. The molecule has 0 amide bonds. The lowest BCUT2D eigenvalue weighted by atomic mass is 9.69. The van der Waals surface area contributed by atoms with Crippen molar-refractivity contribution >= 4 is 5.57 Å².